The molecule has 0 saturated carbocycles. The zero-order chi connectivity index (χ0) is 21.1. The molecule has 156 valence electrons. The van der Waals surface area contributed by atoms with Crippen molar-refractivity contribution in [2.75, 3.05) is 6.61 Å². The maximum atomic E-state index is 12.1. The van der Waals surface area contributed by atoms with Gasteiger partial charge in [-0.2, -0.15) is 0 Å². The fraction of sp³-hybridized carbons (Fsp3) is 0.440. The second-order valence-electron chi connectivity index (χ2n) is 7.50. The van der Waals surface area contributed by atoms with E-state index < -0.39 is 0 Å². The third kappa shape index (κ3) is 7.72. The van der Waals surface area contributed by atoms with Gasteiger partial charge in [-0.3, -0.25) is 4.79 Å². The van der Waals surface area contributed by atoms with Crippen LogP contribution < -0.4 is 4.74 Å². The molecule has 2 aromatic carbocycles. The van der Waals surface area contributed by atoms with Crippen LogP contribution in [0.1, 0.15) is 69.7 Å². The van der Waals surface area contributed by atoms with Crippen molar-refractivity contribution in [2.24, 2.45) is 5.92 Å². The van der Waals surface area contributed by atoms with Crippen LogP contribution >= 0.6 is 0 Å². The van der Waals surface area contributed by atoms with Crippen molar-refractivity contribution in [1.29, 1.82) is 0 Å². The van der Waals surface area contributed by atoms with Crippen molar-refractivity contribution in [3.05, 3.63) is 54.1 Å². The van der Waals surface area contributed by atoms with Gasteiger partial charge in [0.25, 0.3) is 0 Å². The summed E-state index contributed by atoms with van der Waals surface area (Å²) in [5.74, 6) is 0.439. The van der Waals surface area contributed by atoms with E-state index in [0.29, 0.717) is 30.3 Å². The van der Waals surface area contributed by atoms with E-state index in [1.54, 1.807) is 24.3 Å². The molecule has 2 aromatic rings. The molecule has 1 atom stereocenters. The Morgan fingerprint density at radius 1 is 0.862 bits per heavy atom. The first kappa shape index (κ1) is 22.7. The van der Waals surface area contributed by atoms with Crippen molar-refractivity contribution in [1.82, 2.24) is 0 Å². The molecule has 0 aliphatic carbocycles. The number of esters is 2. The quantitative estimate of drug-likeness (QED) is 0.249. The van der Waals surface area contributed by atoms with Crippen molar-refractivity contribution >= 4 is 11.9 Å². The summed E-state index contributed by atoms with van der Waals surface area (Å²) >= 11 is 0. The summed E-state index contributed by atoms with van der Waals surface area (Å²) in [5, 5.41) is 0. The van der Waals surface area contributed by atoms with E-state index in [9.17, 15) is 9.59 Å². The summed E-state index contributed by atoms with van der Waals surface area (Å²) in [6.45, 7) is 6.72. The molecule has 29 heavy (non-hydrogen) atoms. The highest BCUT2D eigenvalue weighted by Crippen LogP contribution is 2.23. The molecule has 0 aliphatic rings. The van der Waals surface area contributed by atoms with Gasteiger partial charge >= 0.3 is 11.9 Å². The van der Waals surface area contributed by atoms with Gasteiger partial charge in [-0.25, -0.2) is 4.79 Å². The van der Waals surface area contributed by atoms with Crippen molar-refractivity contribution < 1.29 is 19.1 Å². The topological polar surface area (TPSA) is 52.6 Å². The predicted octanol–water partition coefficient (Wildman–Crippen LogP) is 6.43. The van der Waals surface area contributed by atoms with Gasteiger partial charge in [-0.05, 0) is 47.7 Å². The first-order chi connectivity index (χ1) is 14.0. The van der Waals surface area contributed by atoms with Crippen LogP contribution in [-0.2, 0) is 9.53 Å². The fourth-order valence-corrected chi connectivity index (χ4v) is 2.81. The molecule has 0 bridgehead atoms. The fourth-order valence-electron chi connectivity index (χ4n) is 2.81. The van der Waals surface area contributed by atoms with Gasteiger partial charge in [0.1, 0.15) is 5.75 Å². The first-order valence-electron chi connectivity index (χ1n) is 10.6. The Bertz CT molecular complexity index is 762. The summed E-state index contributed by atoms with van der Waals surface area (Å²) in [6.07, 6.45) is 5.67. The number of unbranched alkanes of at least 4 members (excludes halogenated alkanes) is 3. The average molecular weight is 397 g/mol. The van der Waals surface area contributed by atoms with Crippen molar-refractivity contribution in [2.45, 2.75) is 59.3 Å². The van der Waals surface area contributed by atoms with Crippen LogP contribution in [0.2, 0.25) is 0 Å². The van der Waals surface area contributed by atoms with Gasteiger partial charge in [0, 0.05) is 6.42 Å². The van der Waals surface area contributed by atoms with E-state index in [1.165, 1.54) is 0 Å². The minimum Gasteiger partial charge on any atom is -0.462 e. The number of carbonyl (C=O) groups is 2. The number of benzene rings is 2. The SMILES string of the molecule is CCCCCCC(=O)Oc1ccc(-c2ccc(C(=O)OCC(C)CC)cc2)cc1. The maximum Gasteiger partial charge on any atom is 0.338 e. The zero-order valence-corrected chi connectivity index (χ0v) is 17.8. The van der Waals surface area contributed by atoms with Gasteiger partial charge in [0.05, 0.1) is 12.2 Å². The van der Waals surface area contributed by atoms with Crippen LogP contribution in [0.5, 0.6) is 5.75 Å². The van der Waals surface area contributed by atoms with Gasteiger partial charge < -0.3 is 9.47 Å². The van der Waals surface area contributed by atoms with E-state index in [2.05, 4.69) is 20.8 Å². The molecule has 0 aliphatic heterocycles. The molecule has 4 heteroatoms. The highest BCUT2D eigenvalue weighted by molar-refractivity contribution is 5.90. The molecular formula is C25H32O4. The van der Waals surface area contributed by atoms with Crippen LogP contribution in [0.4, 0.5) is 0 Å². The monoisotopic (exact) mass is 396 g/mol. The second kappa shape index (κ2) is 12.1. The van der Waals surface area contributed by atoms with Crippen molar-refractivity contribution in [3.63, 3.8) is 0 Å². The molecule has 0 amide bonds. The van der Waals surface area contributed by atoms with Crippen LogP contribution in [-0.4, -0.2) is 18.5 Å². The highest BCUT2D eigenvalue weighted by Gasteiger charge is 2.10. The number of rotatable bonds is 11. The van der Waals surface area contributed by atoms with Crippen LogP contribution in [0.15, 0.2) is 48.5 Å². The largest absolute Gasteiger partial charge is 0.462 e. The molecule has 0 N–H and O–H groups in total. The van der Waals surface area contributed by atoms with E-state index in [4.69, 9.17) is 9.47 Å². The Morgan fingerprint density at radius 3 is 2.07 bits per heavy atom. The average Bonchev–Trinajstić information content (AvgIpc) is 2.75. The molecule has 0 fully saturated rings. The summed E-state index contributed by atoms with van der Waals surface area (Å²) in [7, 11) is 0. The lowest BCUT2D eigenvalue weighted by Gasteiger charge is -2.10. The zero-order valence-electron chi connectivity index (χ0n) is 17.8. The standard InChI is InChI=1S/C25H32O4/c1-4-6-7-8-9-24(26)29-23-16-14-21(15-17-23)20-10-12-22(13-11-20)25(27)28-18-19(3)5-2/h10-17,19H,4-9,18H2,1-3H3. The number of hydrogen-bond donors (Lipinski definition) is 0. The molecular weight excluding hydrogens is 364 g/mol. The summed E-state index contributed by atoms with van der Waals surface area (Å²) < 4.78 is 10.7. The molecule has 1 unspecified atom stereocenters. The van der Waals surface area contributed by atoms with E-state index >= 15 is 0 Å². The molecule has 0 heterocycles. The number of carbonyl (C=O) groups excluding carboxylic acids is 2. The Labute approximate surface area is 174 Å². The highest BCUT2D eigenvalue weighted by atomic mass is 16.5. The molecule has 4 nitrogen and oxygen atoms in total. The molecule has 0 saturated heterocycles. The van der Waals surface area contributed by atoms with Gasteiger partial charge in [-0.1, -0.05) is 70.7 Å². The molecule has 2 rings (SSSR count). The summed E-state index contributed by atoms with van der Waals surface area (Å²) in [6, 6.07) is 14.8. The third-order valence-electron chi connectivity index (χ3n) is 4.97. The first-order valence-corrected chi connectivity index (χ1v) is 10.6. The van der Waals surface area contributed by atoms with E-state index in [-0.39, 0.29) is 11.9 Å². The Hall–Kier alpha value is -2.62. The number of ether oxygens (including phenoxy) is 2. The van der Waals surface area contributed by atoms with Crippen LogP contribution in [0, 0.1) is 5.92 Å². The minimum absolute atomic E-state index is 0.186. The summed E-state index contributed by atoms with van der Waals surface area (Å²) in [4.78, 5) is 24.0. The predicted molar refractivity (Wildman–Crippen MR) is 116 cm³/mol. The van der Waals surface area contributed by atoms with Gasteiger partial charge in [0.15, 0.2) is 0 Å². The second-order valence-corrected chi connectivity index (χ2v) is 7.50. The summed E-state index contributed by atoms with van der Waals surface area (Å²) in [5.41, 5.74) is 2.53. The molecule has 0 radical (unpaired) electrons. The normalized spacial score (nSPS) is 11.7. The number of hydrogen-bond acceptors (Lipinski definition) is 4. The lowest BCUT2D eigenvalue weighted by Crippen LogP contribution is -2.11. The smallest absolute Gasteiger partial charge is 0.338 e. The van der Waals surface area contributed by atoms with E-state index in [0.717, 1.165) is 43.2 Å². The lowest BCUT2D eigenvalue weighted by atomic mass is 10.0. The minimum atomic E-state index is -0.293. The van der Waals surface area contributed by atoms with Crippen LogP contribution in [0.25, 0.3) is 11.1 Å². The Balaban J connectivity index is 1.89. The van der Waals surface area contributed by atoms with E-state index in [1.807, 2.05) is 24.3 Å². The lowest BCUT2D eigenvalue weighted by molar-refractivity contribution is -0.134. The van der Waals surface area contributed by atoms with Gasteiger partial charge in [-0.15, -0.1) is 0 Å². The third-order valence-corrected chi connectivity index (χ3v) is 4.97. The molecule has 0 spiro atoms. The van der Waals surface area contributed by atoms with Gasteiger partial charge in [0.2, 0.25) is 0 Å². The van der Waals surface area contributed by atoms with Crippen LogP contribution in [0.3, 0.4) is 0 Å². The maximum absolute atomic E-state index is 12.1. The molecule has 0 aromatic heterocycles. The van der Waals surface area contributed by atoms with Crippen molar-refractivity contribution in [3.8, 4) is 16.9 Å². The Kier molecular flexibility index (Phi) is 9.42. The Morgan fingerprint density at radius 2 is 1.48 bits per heavy atom.